The fourth-order valence-corrected chi connectivity index (χ4v) is 3.80. The Morgan fingerprint density at radius 1 is 1.26 bits per heavy atom. The summed E-state index contributed by atoms with van der Waals surface area (Å²) in [6, 6.07) is 0. The first kappa shape index (κ1) is 16.4. The summed E-state index contributed by atoms with van der Waals surface area (Å²) in [4.78, 5) is 11.3. The van der Waals surface area contributed by atoms with Gasteiger partial charge >= 0.3 is 5.97 Å². The Kier molecular flexibility index (Phi) is 5.01. The fraction of sp³-hybridized carbons (Fsp3) is 0.923. The van der Waals surface area contributed by atoms with E-state index in [1.54, 1.807) is 0 Å². The molecule has 0 unspecified atom stereocenters. The second kappa shape index (κ2) is 5.79. The van der Waals surface area contributed by atoms with E-state index >= 15 is 0 Å². The van der Waals surface area contributed by atoms with E-state index in [0.717, 1.165) is 12.8 Å². The first-order valence-corrected chi connectivity index (χ1v) is 8.42. The zero-order valence-electron chi connectivity index (χ0n) is 12.0. The normalized spacial score (nSPS) is 19.5. The highest BCUT2D eigenvalue weighted by molar-refractivity contribution is 7.89. The summed E-state index contributed by atoms with van der Waals surface area (Å²) in [5, 5.41) is 9.28. The molecule has 0 atom stereocenters. The lowest BCUT2D eigenvalue weighted by atomic mass is 9.87. The number of carboxylic acids is 1. The molecule has 0 aromatic heterocycles. The summed E-state index contributed by atoms with van der Waals surface area (Å²) < 4.78 is 26.3. The van der Waals surface area contributed by atoms with E-state index in [2.05, 4.69) is 4.72 Å². The van der Waals surface area contributed by atoms with E-state index in [4.69, 9.17) is 0 Å². The fourth-order valence-electron chi connectivity index (χ4n) is 2.28. The third kappa shape index (κ3) is 5.10. The molecule has 1 fully saturated rings. The molecule has 6 heteroatoms. The van der Waals surface area contributed by atoms with Crippen LogP contribution in [-0.2, 0) is 14.8 Å². The van der Waals surface area contributed by atoms with Gasteiger partial charge in [-0.1, -0.05) is 33.6 Å². The van der Waals surface area contributed by atoms with Gasteiger partial charge in [0.25, 0.3) is 0 Å². The van der Waals surface area contributed by atoms with Crippen LogP contribution < -0.4 is 4.72 Å². The number of sulfonamides is 1. The Morgan fingerprint density at radius 3 is 2.21 bits per heavy atom. The third-order valence-electron chi connectivity index (χ3n) is 3.77. The van der Waals surface area contributed by atoms with Crippen molar-refractivity contribution in [3.8, 4) is 0 Å². The summed E-state index contributed by atoms with van der Waals surface area (Å²) in [7, 11) is -3.39. The molecular formula is C13H25NO4S. The van der Waals surface area contributed by atoms with E-state index < -0.39 is 21.4 Å². The molecule has 0 aliphatic heterocycles. The molecule has 0 bridgehead atoms. The maximum atomic E-state index is 11.9. The van der Waals surface area contributed by atoms with E-state index in [1.807, 2.05) is 20.8 Å². The molecule has 0 aromatic rings. The summed E-state index contributed by atoms with van der Waals surface area (Å²) in [6.07, 6.45) is 3.39. The smallest absolute Gasteiger partial charge is 0.310 e. The number of hydrogen-bond acceptors (Lipinski definition) is 3. The van der Waals surface area contributed by atoms with Gasteiger partial charge in [-0.15, -0.1) is 0 Å². The first-order chi connectivity index (χ1) is 8.56. The van der Waals surface area contributed by atoms with Crippen LogP contribution in [0.3, 0.4) is 0 Å². The maximum Gasteiger partial charge on any atom is 0.310 e. The number of hydrogen-bond donors (Lipinski definition) is 2. The SMILES string of the molecule is CC(C)(C)CCS(=O)(=O)NCC1(C(=O)O)CCCC1. The third-order valence-corrected chi connectivity index (χ3v) is 5.09. The molecule has 1 saturated carbocycles. The van der Waals surface area contributed by atoms with Gasteiger partial charge in [-0.25, -0.2) is 13.1 Å². The molecule has 0 spiro atoms. The zero-order valence-corrected chi connectivity index (χ0v) is 12.8. The van der Waals surface area contributed by atoms with Crippen molar-refractivity contribution in [3.05, 3.63) is 0 Å². The van der Waals surface area contributed by atoms with Gasteiger partial charge in [0.1, 0.15) is 0 Å². The van der Waals surface area contributed by atoms with Crippen molar-refractivity contribution in [2.24, 2.45) is 10.8 Å². The molecule has 1 aliphatic carbocycles. The summed E-state index contributed by atoms with van der Waals surface area (Å²) in [5.74, 6) is -0.838. The van der Waals surface area contributed by atoms with Crippen LogP contribution in [0, 0.1) is 10.8 Å². The van der Waals surface area contributed by atoms with Gasteiger partial charge < -0.3 is 5.11 Å². The van der Waals surface area contributed by atoms with E-state index in [0.29, 0.717) is 19.3 Å². The zero-order chi connectivity index (χ0) is 14.7. The second-order valence-electron chi connectivity index (χ2n) is 6.74. The van der Waals surface area contributed by atoms with Crippen molar-refractivity contribution >= 4 is 16.0 Å². The second-order valence-corrected chi connectivity index (χ2v) is 8.67. The van der Waals surface area contributed by atoms with E-state index in [9.17, 15) is 18.3 Å². The monoisotopic (exact) mass is 291 g/mol. The van der Waals surface area contributed by atoms with Gasteiger partial charge in [-0.05, 0) is 24.7 Å². The van der Waals surface area contributed by atoms with Crippen LogP contribution in [0.5, 0.6) is 0 Å². The largest absolute Gasteiger partial charge is 0.481 e. The lowest BCUT2D eigenvalue weighted by molar-refractivity contribution is -0.148. The van der Waals surface area contributed by atoms with Crippen molar-refractivity contribution in [1.29, 1.82) is 0 Å². The minimum atomic E-state index is -3.39. The molecule has 0 saturated heterocycles. The van der Waals surface area contributed by atoms with Crippen LogP contribution in [0.4, 0.5) is 0 Å². The van der Waals surface area contributed by atoms with E-state index in [-0.39, 0.29) is 17.7 Å². The lowest BCUT2D eigenvalue weighted by Crippen LogP contribution is -2.42. The van der Waals surface area contributed by atoms with Crippen LogP contribution >= 0.6 is 0 Å². The molecule has 0 radical (unpaired) electrons. The van der Waals surface area contributed by atoms with Crippen molar-refractivity contribution in [2.75, 3.05) is 12.3 Å². The molecule has 5 nitrogen and oxygen atoms in total. The Bertz CT molecular complexity index is 416. The topological polar surface area (TPSA) is 83.5 Å². The maximum absolute atomic E-state index is 11.9. The minimum Gasteiger partial charge on any atom is -0.481 e. The van der Waals surface area contributed by atoms with Crippen molar-refractivity contribution in [1.82, 2.24) is 4.72 Å². The Balaban J connectivity index is 2.57. The summed E-state index contributed by atoms with van der Waals surface area (Å²) in [5.41, 5.74) is -0.943. The number of carbonyl (C=O) groups is 1. The van der Waals surface area contributed by atoms with Crippen LogP contribution in [0.25, 0.3) is 0 Å². The molecular weight excluding hydrogens is 266 g/mol. The summed E-state index contributed by atoms with van der Waals surface area (Å²) in [6.45, 7) is 5.98. The molecule has 0 heterocycles. The van der Waals surface area contributed by atoms with Crippen LogP contribution in [-0.4, -0.2) is 31.8 Å². The lowest BCUT2D eigenvalue weighted by Gasteiger charge is -2.24. The van der Waals surface area contributed by atoms with Gasteiger partial charge in [0.05, 0.1) is 11.2 Å². The predicted octanol–water partition coefficient (Wildman–Crippen LogP) is 1.99. The van der Waals surface area contributed by atoms with Crippen molar-refractivity contribution in [3.63, 3.8) is 0 Å². The average Bonchev–Trinajstić information content (AvgIpc) is 2.73. The molecule has 19 heavy (non-hydrogen) atoms. The van der Waals surface area contributed by atoms with Crippen molar-refractivity contribution in [2.45, 2.75) is 52.9 Å². The van der Waals surface area contributed by atoms with Gasteiger partial charge in [0.15, 0.2) is 0 Å². The van der Waals surface area contributed by atoms with E-state index in [1.165, 1.54) is 0 Å². The quantitative estimate of drug-likeness (QED) is 0.784. The minimum absolute atomic E-state index is 0.0226. The van der Waals surface area contributed by atoms with Gasteiger partial charge in [-0.2, -0.15) is 0 Å². The van der Waals surface area contributed by atoms with Crippen molar-refractivity contribution < 1.29 is 18.3 Å². The molecule has 1 aliphatic rings. The molecule has 0 aromatic carbocycles. The van der Waals surface area contributed by atoms with Gasteiger partial charge in [0, 0.05) is 6.54 Å². The van der Waals surface area contributed by atoms with Gasteiger partial charge in [0.2, 0.25) is 10.0 Å². The number of aliphatic carboxylic acids is 1. The standard InChI is InChI=1S/C13H25NO4S/c1-12(2,3)8-9-19(17,18)14-10-13(11(15)16)6-4-5-7-13/h14H,4-10H2,1-3H3,(H,15,16). The Morgan fingerprint density at radius 2 is 1.79 bits per heavy atom. The highest BCUT2D eigenvalue weighted by atomic mass is 32.2. The molecule has 0 amide bonds. The molecule has 2 N–H and O–H groups in total. The molecule has 112 valence electrons. The predicted molar refractivity (Wildman–Crippen MR) is 74.4 cm³/mol. The number of rotatable bonds is 6. The highest BCUT2D eigenvalue weighted by Gasteiger charge is 2.41. The molecule has 1 rings (SSSR count). The Hall–Kier alpha value is -0.620. The van der Waals surface area contributed by atoms with Crippen LogP contribution in [0.1, 0.15) is 52.9 Å². The summed E-state index contributed by atoms with van der Waals surface area (Å²) >= 11 is 0. The first-order valence-electron chi connectivity index (χ1n) is 6.77. The Labute approximate surface area is 115 Å². The number of carboxylic acid groups (broad SMARTS) is 1. The average molecular weight is 291 g/mol. The van der Waals surface area contributed by atoms with Crippen LogP contribution in [0.15, 0.2) is 0 Å². The van der Waals surface area contributed by atoms with Crippen LogP contribution in [0.2, 0.25) is 0 Å². The van der Waals surface area contributed by atoms with Gasteiger partial charge in [-0.3, -0.25) is 4.79 Å². The number of nitrogens with one attached hydrogen (secondary N) is 1. The highest BCUT2D eigenvalue weighted by Crippen LogP contribution is 2.37.